The summed E-state index contributed by atoms with van der Waals surface area (Å²) < 4.78 is 0. The first kappa shape index (κ1) is 16.4. The van der Waals surface area contributed by atoms with Gasteiger partial charge in [0.25, 0.3) is 5.91 Å². The van der Waals surface area contributed by atoms with Crippen LogP contribution in [0.1, 0.15) is 41.3 Å². The molecule has 4 heteroatoms. The first-order valence-corrected chi connectivity index (χ1v) is 8.28. The Morgan fingerprint density at radius 1 is 1.04 bits per heavy atom. The van der Waals surface area contributed by atoms with Crippen LogP contribution in [0.4, 0.5) is 0 Å². The van der Waals surface area contributed by atoms with Gasteiger partial charge in [-0.15, -0.1) is 0 Å². The van der Waals surface area contributed by atoms with E-state index in [0.29, 0.717) is 24.1 Å². The minimum Gasteiger partial charge on any atom is -0.378 e. The van der Waals surface area contributed by atoms with Gasteiger partial charge in [-0.05, 0) is 18.4 Å². The second-order valence-electron chi connectivity index (χ2n) is 6.13. The molecule has 1 aliphatic heterocycles. The molecular formula is C20H21NO3. The number of carbonyl (C=O) groups is 2. The zero-order chi connectivity index (χ0) is 16.9. The molecule has 0 spiro atoms. The number of nitrogens with zero attached hydrogens (tertiary/aromatic N) is 1. The quantitative estimate of drug-likeness (QED) is 0.861. The predicted octanol–water partition coefficient (Wildman–Crippen LogP) is 2.98. The van der Waals surface area contributed by atoms with Crippen LogP contribution in [-0.2, 0) is 4.79 Å². The van der Waals surface area contributed by atoms with E-state index in [4.69, 9.17) is 0 Å². The van der Waals surface area contributed by atoms with Gasteiger partial charge in [-0.1, -0.05) is 60.7 Å². The number of Topliss-reactive ketones (excluding diaryl/α,β-unsaturated/α-hetero) is 1. The fourth-order valence-corrected chi connectivity index (χ4v) is 3.23. The van der Waals surface area contributed by atoms with Crippen molar-refractivity contribution in [3.8, 4) is 0 Å². The summed E-state index contributed by atoms with van der Waals surface area (Å²) in [5, 5.41) is 10.3. The molecule has 2 atom stereocenters. The fraction of sp³-hybridized carbons (Fsp3) is 0.300. The van der Waals surface area contributed by atoms with E-state index in [1.54, 1.807) is 41.3 Å². The van der Waals surface area contributed by atoms with Crippen LogP contribution in [0.5, 0.6) is 0 Å². The molecule has 4 nitrogen and oxygen atoms in total. The molecule has 1 saturated heterocycles. The Kier molecular flexibility index (Phi) is 5.06. The normalized spacial score (nSPS) is 18.4. The van der Waals surface area contributed by atoms with E-state index < -0.39 is 6.10 Å². The molecule has 0 radical (unpaired) electrons. The van der Waals surface area contributed by atoms with E-state index in [-0.39, 0.29) is 17.7 Å². The van der Waals surface area contributed by atoms with Gasteiger partial charge in [-0.3, -0.25) is 9.59 Å². The standard InChI is InChI=1S/C20H21NO3/c22-18(15-8-3-1-4-9-15)14-17-12-7-13-21(17)20(24)19(23)16-10-5-2-6-11-16/h1-6,8-11,17,19,23H,7,12-14H2. The molecule has 1 aliphatic rings. The maximum atomic E-state index is 12.6. The molecular weight excluding hydrogens is 302 g/mol. The van der Waals surface area contributed by atoms with E-state index in [1.165, 1.54) is 0 Å². The Hall–Kier alpha value is -2.46. The minimum absolute atomic E-state index is 0.0366. The Bertz CT molecular complexity index is 699. The van der Waals surface area contributed by atoms with Crippen LogP contribution in [-0.4, -0.2) is 34.3 Å². The van der Waals surface area contributed by atoms with Crippen molar-refractivity contribution >= 4 is 11.7 Å². The van der Waals surface area contributed by atoms with Crippen molar-refractivity contribution in [1.82, 2.24) is 4.90 Å². The summed E-state index contributed by atoms with van der Waals surface area (Å²) in [5.74, 6) is -0.279. The second-order valence-corrected chi connectivity index (χ2v) is 6.13. The zero-order valence-corrected chi connectivity index (χ0v) is 13.5. The summed E-state index contributed by atoms with van der Waals surface area (Å²) in [6.07, 6.45) is 0.793. The number of ketones is 1. The van der Waals surface area contributed by atoms with E-state index in [1.807, 2.05) is 24.3 Å². The summed E-state index contributed by atoms with van der Waals surface area (Å²) in [6, 6.07) is 17.9. The van der Waals surface area contributed by atoms with Gasteiger partial charge in [-0.25, -0.2) is 0 Å². The molecule has 0 saturated carbocycles. The van der Waals surface area contributed by atoms with Crippen LogP contribution in [0.3, 0.4) is 0 Å². The number of benzene rings is 2. The average molecular weight is 323 g/mol. The third kappa shape index (κ3) is 3.54. The second kappa shape index (κ2) is 7.41. The first-order chi connectivity index (χ1) is 11.7. The number of hydrogen-bond acceptors (Lipinski definition) is 3. The van der Waals surface area contributed by atoms with Gasteiger partial charge in [-0.2, -0.15) is 0 Å². The topological polar surface area (TPSA) is 57.6 Å². The van der Waals surface area contributed by atoms with Gasteiger partial charge in [0.2, 0.25) is 0 Å². The number of carbonyl (C=O) groups excluding carboxylic acids is 2. The highest BCUT2D eigenvalue weighted by atomic mass is 16.3. The monoisotopic (exact) mass is 323 g/mol. The zero-order valence-electron chi connectivity index (χ0n) is 13.5. The minimum atomic E-state index is -1.17. The largest absolute Gasteiger partial charge is 0.378 e. The average Bonchev–Trinajstić information content (AvgIpc) is 3.10. The highest BCUT2D eigenvalue weighted by Crippen LogP contribution is 2.26. The van der Waals surface area contributed by atoms with E-state index >= 15 is 0 Å². The van der Waals surface area contributed by atoms with Gasteiger partial charge in [0.15, 0.2) is 11.9 Å². The SMILES string of the molecule is O=C(CC1CCCN1C(=O)C(O)c1ccccc1)c1ccccc1. The van der Waals surface area contributed by atoms with Crippen molar-refractivity contribution in [1.29, 1.82) is 0 Å². The third-order valence-electron chi connectivity index (χ3n) is 4.53. The molecule has 1 heterocycles. The number of rotatable bonds is 5. The summed E-state index contributed by atoms with van der Waals surface area (Å²) in [5.41, 5.74) is 1.25. The van der Waals surface area contributed by atoms with Crippen molar-refractivity contribution in [3.05, 3.63) is 71.8 Å². The van der Waals surface area contributed by atoms with E-state index in [9.17, 15) is 14.7 Å². The Morgan fingerprint density at radius 2 is 1.67 bits per heavy atom. The van der Waals surface area contributed by atoms with Gasteiger partial charge in [0, 0.05) is 24.6 Å². The Morgan fingerprint density at radius 3 is 2.33 bits per heavy atom. The van der Waals surface area contributed by atoms with Gasteiger partial charge < -0.3 is 10.0 Å². The summed E-state index contributed by atoms with van der Waals surface area (Å²) >= 11 is 0. The molecule has 0 aliphatic carbocycles. The lowest BCUT2D eigenvalue weighted by Crippen LogP contribution is -2.39. The lowest BCUT2D eigenvalue weighted by atomic mass is 10.0. The van der Waals surface area contributed by atoms with Crippen molar-refractivity contribution in [2.45, 2.75) is 31.4 Å². The highest BCUT2D eigenvalue weighted by molar-refractivity contribution is 5.96. The number of aliphatic hydroxyl groups excluding tert-OH is 1. The van der Waals surface area contributed by atoms with Crippen LogP contribution < -0.4 is 0 Å². The van der Waals surface area contributed by atoms with E-state index in [2.05, 4.69) is 0 Å². The van der Waals surface area contributed by atoms with E-state index in [0.717, 1.165) is 12.8 Å². The number of likely N-dealkylation sites (tertiary alicyclic amines) is 1. The van der Waals surface area contributed by atoms with Crippen LogP contribution >= 0.6 is 0 Å². The van der Waals surface area contributed by atoms with Crippen LogP contribution in [0.15, 0.2) is 60.7 Å². The highest BCUT2D eigenvalue weighted by Gasteiger charge is 2.34. The fourth-order valence-electron chi connectivity index (χ4n) is 3.23. The molecule has 2 aromatic carbocycles. The lowest BCUT2D eigenvalue weighted by Gasteiger charge is -2.26. The van der Waals surface area contributed by atoms with Crippen molar-refractivity contribution in [2.75, 3.05) is 6.54 Å². The number of aliphatic hydroxyl groups is 1. The summed E-state index contributed by atoms with van der Waals surface area (Å²) in [7, 11) is 0. The maximum absolute atomic E-state index is 12.6. The first-order valence-electron chi connectivity index (χ1n) is 8.28. The molecule has 2 unspecified atom stereocenters. The van der Waals surface area contributed by atoms with Crippen molar-refractivity contribution in [3.63, 3.8) is 0 Å². The van der Waals surface area contributed by atoms with Crippen LogP contribution in [0.25, 0.3) is 0 Å². The molecule has 0 bridgehead atoms. The lowest BCUT2D eigenvalue weighted by molar-refractivity contribution is -0.141. The number of hydrogen-bond donors (Lipinski definition) is 1. The van der Waals surface area contributed by atoms with Crippen molar-refractivity contribution in [2.24, 2.45) is 0 Å². The van der Waals surface area contributed by atoms with Crippen LogP contribution in [0, 0.1) is 0 Å². The van der Waals surface area contributed by atoms with Gasteiger partial charge >= 0.3 is 0 Å². The molecule has 124 valence electrons. The van der Waals surface area contributed by atoms with Gasteiger partial charge in [0.1, 0.15) is 0 Å². The summed E-state index contributed by atoms with van der Waals surface area (Å²) in [6.45, 7) is 0.593. The molecule has 1 amide bonds. The number of amides is 1. The molecule has 1 N–H and O–H groups in total. The predicted molar refractivity (Wildman–Crippen MR) is 91.5 cm³/mol. The molecule has 24 heavy (non-hydrogen) atoms. The Balaban J connectivity index is 1.69. The third-order valence-corrected chi connectivity index (χ3v) is 4.53. The molecule has 3 rings (SSSR count). The molecule has 1 fully saturated rings. The molecule has 0 aromatic heterocycles. The van der Waals surface area contributed by atoms with Crippen molar-refractivity contribution < 1.29 is 14.7 Å². The Labute approximate surface area is 141 Å². The smallest absolute Gasteiger partial charge is 0.256 e. The van der Waals surface area contributed by atoms with Gasteiger partial charge in [0.05, 0.1) is 0 Å². The maximum Gasteiger partial charge on any atom is 0.256 e. The summed E-state index contributed by atoms with van der Waals surface area (Å²) in [4.78, 5) is 26.7. The molecule has 2 aromatic rings. The van der Waals surface area contributed by atoms with Crippen LogP contribution in [0.2, 0.25) is 0 Å².